The van der Waals surface area contributed by atoms with Gasteiger partial charge in [0.05, 0.1) is 12.2 Å². The number of hydrogen-bond acceptors (Lipinski definition) is 3. The summed E-state index contributed by atoms with van der Waals surface area (Å²) in [6, 6.07) is 19.9. The summed E-state index contributed by atoms with van der Waals surface area (Å²) < 4.78 is 29.0. The molecule has 3 nitrogen and oxygen atoms in total. The molecular weight excluding hydrogens is 544 g/mol. The molecule has 1 saturated carbocycles. The molecule has 40 heavy (non-hydrogen) atoms. The van der Waals surface area contributed by atoms with Gasteiger partial charge in [0.1, 0.15) is 7.14 Å². The average Bonchev–Trinajstić information content (AvgIpc) is 2.87. The van der Waals surface area contributed by atoms with Crippen molar-refractivity contribution in [3.63, 3.8) is 0 Å². The van der Waals surface area contributed by atoms with Gasteiger partial charge in [0.15, 0.2) is 16.6 Å². The van der Waals surface area contributed by atoms with Crippen LogP contribution in [0.1, 0.15) is 54.9 Å². The SMILES string of the molecule is C=C1/C(=C\CP(=O)(c2ccccc2)c2ccccc2)C[C@@H](O[Si](C)(C)C(C)(C)C)[C@H](C)[C@@H]1O[Si](C)(C)C(C)(C)C. The predicted octanol–water partition coefficient (Wildman–Crippen LogP) is 9.30. The van der Waals surface area contributed by atoms with Crippen molar-refractivity contribution < 1.29 is 13.4 Å². The van der Waals surface area contributed by atoms with Crippen molar-refractivity contribution in [2.75, 3.05) is 6.16 Å². The minimum atomic E-state index is -2.89. The molecule has 1 fully saturated rings. The normalized spacial score (nSPS) is 22.5. The summed E-state index contributed by atoms with van der Waals surface area (Å²) in [6.07, 6.45) is 3.32. The number of hydrogen-bond donors (Lipinski definition) is 0. The first-order valence-electron chi connectivity index (χ1n) is 14.7. The molecule has 0 heterocycles. The smallest absolute Gasteiger partial charge is 0.192 e. The lowest BCUT2D eigenvalue weighted by molar-refractivity contribution is 0.0406. The van der Waals surface area contributed by atoms with E-state index in [4.69, 9.17) is 8.85 Å². The first-order chi connectivity index (χ1) is 18.3. The second-order valence-corrected chi connectivity index (χ2v) is 27.0. The Bertz CT molecular complexity index is 1190. The van der Waals surface area contributed by atoms with Gasteiger partial charge in [-0.05, 0) is 53.8 Å². The fourth-order valence-electron chi connectivity index (χ4n) is 4.76. The molecule has 0 N–H and O–H groups in total. The van der Waals surface area contributed by atoms with Crippen molar-refractivity contribution in [3.05, 3.63) is 84.5 Å². The maximum atomic E-state index is 14.8. The Morgan fingerprint density at radius 1 is 0.825 bits per heavy atom. The molecule has 0 aliphatic heterocycles. The Hall–Kier alpha value is -1.50. The van der Waals surface area contributed by atoms with Crippen LogP contribution in [0, 0.1) is 5.92 Å². The molecule has 1 aliphatic rings. The lowest BCUT2D eigenvalue weighted by atomic mass is 9.79. The first-order valence-corrected chi connectivity index (χ1v) is 22.5. The van der Waals surface area contributed by atoms with Gasteiger partial charge in [0.2, 0.25) is 0 Å². The summed E-state index contributed by atoms with van der Waals surface area (Å²) in [5.41, 5.74) is 2.16. The molecule has 3 atom stereocenters. The molecule has 0 unspecified atom stereocenters. The molecule has 3 rings (SSSR count). The quantitative estimate of drug-likeness (QED) is 0.225. The van der Waals surface area contributed by atoms with Gasteiger partial charge in [0.25, 0.3) is 0 Å². The summed E-state index contributed by atoms with van der Waals surface area (Å²) in [6.45, 7) is 29.9. The van der Waals surface area contributed by atoms with E-state index in [9.17, 15) is 4.57 Å². The minimum Gasteiger partial charge on any atom is -0.413 e. The highest BCUT2D eigenvalue weighted by Gasteiger charge is 2.47. The Labute approximate surface area is 247 Å². The van der Waals surface area contributed by atoms with Crippen LogP contribution >= 0.6 is 7.14 Å². The van der Waals surface area contributed by atoms with E-state index in [1.54, 1.807) is 0 Å². The van der Waals surface area contributed by atoms with Crippen LogP contribution in [0.2, 0.25) is 36.3 Å². The van der Waals surface area contributed by atoms with Crippen LogP contribution in [0.25, 0.3) is 0 Å². The summed E-state index contributed by atoms with van der Waals surface area (Å²) in [5, 5.41) is 1.96. The number of benzene rings is 2. The molecule has 0 aromatic heterocycles. The lowest BCUT2D eigenvalue weighted by Crippen LogP contribution is -2.53. The van der Waals surface area contributed by atoms with E-state index in [1.165, 1.54) is 0 Å². The standard InChI is InChI=1S/C34H53O3PSi2/c1-26-28(23-24-38(35,29-19-15-13-16-20-29)30-21-17-14-18-22-30)25-31(36-39(9,10)33(3,4)5)27(2)32(26)37-40(11,12)34(6,7)8/h13-23,27,31-32H,1,24-25H2,2-12H3/b28-23-/t27-,31+,32+/m0/s1. The van der Waals surface area contributed by atoms with Crippen molar-refractivity contribution >= 4 is 34.4 Å². The third kappa shape index (κ3) is 7.10. The van der Waals surface area contributed by atoms with Gasteiger partial charge in [0, 0.05) is 22.7 Å². The van der Waals surface area contributed by atoms with Gasteiger partial charge < -0.3 is 13.4 Å². The van der Waals surface area contributed by atoms with Gasteiger partial charge in [-0.25, -0.2) is 0 Å². The minimum absolute atomic E-state index is 0.0280. The van der Waals surface area contributed by atoms with Gasteiger partial charge in [-0.3, -0.25) is 0 Å². The van der Waals surface area contributed by atoms with Gasteiger partial charge >= 0.3 is 0 Å². The Kier molecular flexibility index (Phi) is 9.91. The summed E-state index contributed by atoms with van der Waals surface area (Å²) in [5.74, 6) is 0.183. The zero-order valence-corrected chi connectivity index (χ0v) is 29.8. The first kappa shape index (κ1) is 33.0. The molecule has 0 saturated heterocycles. The number of allylic oxidation sites excluding steroid dienone is 1. The van der Waals surface area contributed by atoms with Crippen LogP contribution in [0.3, 0.4) is 0 Å². The summed E-state index contributed by atoms with van der Waals surface area (Å²) >= 11 is 0. The van der Waals surface area contributed by atoms with Crippen molar-refractivity contribution in [2.45, 2.75) is 103 Å². The highest BCUT2D eigenvalue weighted by molar-refractivity contribution is 7.78. The van der Waals surface area contributed by atoms with E-state index in [-0.39, 0.29) is 28.2 Å². The monoisotopic (exact) mass is 596 g/mol. The lowest BCUT2D eigenvalue weighted by Gasteiger charge is -2.48. The largest absolute Gasteiger partial charge is 0.413 e. The maximum Gasteiger partial charge on any atom is 0.192 e. The van der Waals surface area contributed by atoms with E-state index >= 15 is 0 Å². The molecule has 6 heteroatoms. The molecule has 0 radical (unpaired) electrons. The zero-order valence-electron chi connectivity index (χ0n) is 26.9. The van der Waals surface area contributed by atoms with E-state index in [0.29, 0.717) is 6.16 Å². The Morgan fingerprint density at radius 3 is 1.68 bits per heavy atom. The molecule has 0 spiro atoms. The Balaban J connectivity index is 2.06. The topological polar surface area (TPSA) is 35.5 Å². The molecule has 1 aliphatic carbocycles. The summed E-state index contributed by atoms with van der Waals surface area (Å²) in [7, 11) is -7.00. The van der Waals surface area contributed by atoms with Crippen LogP contribution in [0.15, 0.2) is 84.5 Å². The van der Waals surface area contributed by atoms with Gasteiger partial charge in [-0.2, -0.15) is 0 Å². The Morgan fingerprint density at radius 2 is 1.25 bits per heavy atom. The fraction of sp³-hybridized carbons (Fsp3) is 0.529. The van der Waals surface area contributed by atoms with E-state index < -0.39 is 23.8 Å². The molecule has 0 amide bonds. The van der Waals surface area contributed by atoms with Crippen LogP contribution in [0.4, 0.5) is 0 Å². The molecule has 2 aromatic rings. The van der Waals surface area contributed by atoms with Crippen molar-refractivity contribution in [3.8, 4) is 0 Å². The number of rotatable bonds is 8. The van der Waals surface area contributed by atoms with Crippen LogP contribution in [0.5, 0.6) is 0 Å². The summed E-state index contributed by atoms with van der Waals surface area (Å²) in [4.78, 5) is 0. The molecule has 220 valence electrons. The van der Waals surface area contributed by atoms with E-state index in [0.717, 1.165) is 28.2 Å². The molecular formula is C34H53O3PSi2. The van der Waals surface area contributed by atoms with Crippen molar-refractivity contribution in [1.82, 2.24) is 0 Å². The predicted molar refractivity (Wildman–Crippen MR) is 180 cm³/mol. The van der Waals surface area contributed by atoms with E-state index in [2.05, 4.69) is 87.3 Å². The maximum absolute atomic E-state index is 14.8. The van der Waals surface area contributed by atoms with Crippen molar-refractivity contribution in [1.29, 1.82) is 0 Å². The van der Waals surface area contributed by atoms with Crippen LogP contribution in [-0.4, -0.2) is 35.0 Å². The van der Waals surface area contributed by atoms with Gasteiger partial charge in [-0.15, -0.1) is 0 Å². The average molecular weight is 597 g/mol. The third-order valence-electron chi connectivity index (χ3n) is 9.66. The van der Waals surface area contributed by atoms with E-state index in [1.807, 2.05) is 60.7 Å². The third-order valence-corrected chi connectivity index (χ3v) is 21.6. The second kappa shape index (κ2) is 12.0. The fourth-order valence-corrected chi connectivity index (χ4v) is 10.0. The second-order valence-electron chi connectivity index (χ2n) is 14.6. The van der Waals surface area contributed by atoms with Gasteiger partial charge in [-0.1, -0.05) is 122 Å². The highest BCUT2D eigenvalue weighted by Crippen LogP contribution is 2.48. The van der Waals surface area contributed by atoms with Crippen LogP contribution in [-0.2, 0) is 13.4 Å². The van der Waals surface area contributed by atoms with Crippen LogP contribution < -0.4 is 10.6 Å². The highest BCUT2D eigenvalue weighted by atomic mass is 31.2. The molecule has 2 aromatic carbocycles. The zero-order chi connectivity index (χ0) is 30.1. The molecule has 0 bridgehead atoms. The van der Waals surface area contributed by atoms with Crippen molar-refractivity contribution in [2.24, 2.45) is 5.92 Å².